The fraction of sp³-hybridized carbons (Fsp3) is 0.348. The summed E-state index contributed by atoms with van der Waals surface area (Å²) in [5, 5.41) is 13.7. The molecule has 178 valence electrons. The van der Waals surface area contributed by atoms with Crippen molar-refractivity contribution < 1.29 is 18.7 Å². The van der Waals surface area contributed by atoms with Crippen LogP contribution in [0.2, 0.25) is 5.02 Å². The van der Waals surface area contributed by atoms with E-state index in [2.05, 4.69) is 15.3 Å². The highest BCUT2D eigenvalue weighted by molar-refractivity contribution is 7.13. The Balaban J connectivity index is 1.58. The van der Waals surface area contributed by atoms with Crippen molar-refractivity contribution in [3.63, 3.8) is 0 Å². The van der Waals surface area contributed by atoms with Gasteiger partial charge in [0.2, 0.25) is 0 Å². The molecule has 4 radical (unpaired) electrons. The number of aromatic nitrogens is 2. The summed E-state index contributed by atoms with van der Waals surface area (Å²) in [5.41, 5.74) is -1.28. The first-order valence-corrected chi connectivity index (χ1v) is 12.1. The van der Waals surface area contributed by atoms with E-state index in [1.807, 2.05) is 0 Å². The third kappa shape index (κ3) is 5.08. The molecule has 2 unspecified atom stereocenters. The van der Waals surface area contributed by atoms with Gasteiger partial charge < -0.3 is 15.3 Å². The Labute approximate surface area is 213 Å². The van der Waals surface area contributed by atoms with Crippen LogP contribution in [0.1, 0.15) is 31.0 Å². The fourth-order valence-electron chi connectivity index (χ4n) is 4.67. The number of pyridine rings is 1. The van der Waals surface area contributed by atoms with Gasteiger partial charge in [0.05, 0.1) is 31.8 Å². The van der Waals surface area contributed by atoms with Gasteiger partial charge in [0.15, 0.2) is 5.13 Å². The van der Waals surface area contributed by atoms with Crippen LogP contribution in [0.5, 0.6) is 0 Å². The number of thiazole rings is 1. The number of halogens is 3. The van der Waals surface area contributed by atoms with Gasteiger partial charge in [0.1, 0.15) is 17.5 Å². The van der Waals surface area contributed by atoms with Crippen LogP contribution in [0.3, 0.4) is 0 Å². The minimum absolute atomic E-state index is 0.00773. The smallest absolute Gasteiger partial charge is 0.310 e. The molecule has 1 aliphatic rings. The number of nitrogens with one attached hydrogen (secondary N) is 1. The summed E-state index contributed by atoms with van der Waals surface area (Å²) in [6.07, 6.45) is 1.70. The second-order valence-electron chi connectivity index (χ2n) is 8.77. The molecule has 1 aromatic carbocycles. The van der Waals surface area contributed by atoms with Crippen molar-refractivity contribution in [1.82, 2.24) is 14.9 Å². The third-order valence-electron chi connectivity index (χ3n) is 6.45. The molecule has 1 aliphatic heterocycles. The van der Waals surface area contributed by atoms with Crippen LogP contribution in [0, 0.1) is 17.0 Å². The zero-order valence-electron chi connectivity index (χ0n) is 18.8. The Hall–Kier alpha value is -2.49. The third-order valence-corrected chi connectivity index (χ3v) is 7.43. The number of hydrogen-bond acceptors (Lipinski definition) is 6. The molecular formula is C23H21B2ClF2N4O2S. The van der Waals surface area contributed by atoms with Crippen LogP contribution in [-0.4, -0.2) is 54.2 Å². The molecule has 3 aromatic rings. The average molecular weight is 513 g/mol. The number of carboxylic acids is 1. The van der Waals surface area contributed by atoms with Gasteiger partial charge in [0, 0.05) is 24.0 Å². The summed E-state index contributed by atoms with van der Waals surface area (Å²) in [5.74, 6) is -2.03. The van der Waals surface area contributed by atoms with Crippen molar-refractivity contribution >= 4 is 55.5 Å². The Morgan fingerprint density at radius 1 is 1.37 bits per heavy atom. The van der Waals surface area contributed by atoms with Crippen LogP contribution in [-0.2, 0) is 16.6 Å². The topological polar surface area (TPSA) is 78.4 Å². The van der Waals surface area contributed by atoms with Gasteiger partial charge in [-0.25, -0.2) is 18.7 Å². The second kappa shape index (κ2) is 9.87. The highest BCUT2D eigenvalue weighted by atomic mass is 35.5. The quantitative estimate of drug-likeness (QED) is 0.456. The van der Waals surface area contributed by atoms with E-state index in [1.54, 1.807) is 29.5 Å². The monoisotopic (exact) mass is 512 g/mol. The number of piperidine rings is 1. The molecule has 0 aliphatic carbocycles. The normalized spacial score (nSPS) is 21.1. The molecule has 0 saturated carbocycles. The number of carboxylic acid groups (broad SMARTS) is 1. The summed E-state index contributed by atoms with van der Waals surface area (Å²) in [7, 11) is 12.7. The molecule has 0 spiro atoms. The zero-order valence-corrected chi connectivity index (χ0v) is 20.4. The maximum Gasteiger partial charge on any atom is 0.310 e. The number of likely N-dealkylation sites (tertiary alicyclic amines) is 1. The molecule has 0 amide bonds. The lowest BCUT2D eigenvalue weighted by atomic mass is 9.55. The molecule has 3 heterocycles. The van der Waals surface area contributed by atoms with Gasteiger partial charge in [-0.3, -0.25) is 4.79 Å². The molecule has 2 N–H and O–H groups in total. The number of hydrogen-bond donors (Lipinski definition) is 2. The molecule has 0 bridgehead atoms. The van der Waals surface area contributed by atoms with Gasteiger partial charge in [0.25, 0.3) is 0 Å². The summed E-state index contributed by atoms with van der Waals surface area (Å²) < 4.78 is 29.4. The van der Waals surface area contributed by atoms with E-state index < -0.39 is 34.4 Å². The van der Waals surface area contributed by atoms with Crippen LogP contribution >= 0.6 is 22.9 Å². The maximum absolute atomic E-state index is 14.7. The molecule has 1 fully saturated rings. The van der Waals surface area contributed by atoms with Gasteiger partial charge in [-0.1, -0.05) is 23.7 Å². The largest absolute Gasteiger partial charge is 0.481 e. The summed E-state index contributed by atoms with van der Waals surface area (Å²) >= 11 is 7.27. The Bertz CT molecular complexity index is 1230. The summed E-state index contributed by atoms with van der Waals surface area (Å²) in [6, 6.07) is 6.65. The van der Waals surface area contributed by atoms with E-state index in [-0.39, 0.29) is 42.1 Å². The summed E-state index contributed by atoms with van der Waals surface area (Å²) in [4.78, 5) is 22.6. The SMILES string of the molecule is [B]C([B])(c1cccc(Cl)c1F)N1CCC(Cc2nc(Nc3nccs3)ccc2F)(C(=O)O)CC1C. The van der Waals surface area contributed by atoms with Crippen LogP contribution in [0.15, 0.2) is 41.9 Å². The van der Waals surface area contributed by atoms with E-state index in [1.165, 1.54) is 35.6 Å². The van der Waals surface area contributed by atoms with Crippen LogP contribution in [0.4, 0.5) is 19.7 Å². The summed E-state index contributed by atoms with van der Waals surface area (Å²) in [6.45, 7) is 1.91. The average Bonchev–Trinajstić information content (AvgIpc) is 3.30. The Kier molecular flexibility index (Phi) is 7.22. The van der Waals surface area contributed by atoms with E-state index in [4.69, 9.17) is 27.3 Å². The minimum atomic E-state index is -1.72. The molecule has 35 heavy (non-hydrogen) atoms. The molecule has 12 heteroatoms. The number of benzene rings is 1. The standard InChI is InChI=1S/C23H21B2ClF2N4O2S/c1-13-11-22(20(33)34,7-9-32(13)23(24,25)14-3-2-4-15(26)19(14)28)12-17-16(27)5-6-18(30-17)31-21-29-8-10-35-21/h2-6,8,10,13H,7,9,11-12H2,1H3,(H,33,34)(H,29,30,31). The highest BCUT2D eigenvalue weighted by Crippen LogP contribution is 2.42. The fourth-order valence-corrected chi connectivity index (χ4v) is 5.38. The molecule has 2 aromatic heterocycles. The van der Waals surface area contributed by atoms with E-state index >= 15 is 0 Å². The first-order valence-electron chi connectivity index (χ1n) is 10.9. The van der Waals surface area contributed by atoms with Crippen molar-refractivity contribution in [2.24, 2.45) is 5.41 Å². The molecule has 4 rings (SSSR count). The molecular weight excluding hydrogens is 491 g/mol. The van der Waals surface area contributed by atoms with Crippen molar-refractivity contribution in [3.05, 3.63) is 69.8 Å². The molecule has 2 atom stereocenters. The zero-order chi connectivity index (χ0) is 25.4. The highest BCUT2D eigenvalue weighted by Gasteiger charge is 2.48. The number of anilines is 2. The van der Waals surface area contributed by atoms with E-state index in [0.717, 1.165) is 0 Å². The maximum atomic E-state index is 14.7. The molecule has 6 nitrogen and oxygen atoms in total. The Morgan fingerprint density at radius 2 is 2.14 bits per heavy atom. The predicted octanol–water partition coefficient (Wildman–Crippen LogP) is 4.46. The van der Waals surface area contributed by atoms with Gasteiger partial charge in [-0.05, 0) is 55.4 Å². The Morgan fingerprint density at radius 3 is 2.80 bits per heavy atom. The van der Waals surface area contributed by atoms with Crippen molar-refractivity contribution in [2.45, 2.75) is 37.6 Å². The lowest BCUT2D eigenvalue weighted by Crippen LogP contribution is -2.59. The van der Waals surface area contributed by atoms with Gasteiger partial charge in [-0.15, -0.1) is 11.3 Å². The minimum Gasteiger partial charge on any atom is -0.481 e. The van der Waals surface area contributed by atoms with Crippen molar-refractivity contribution in [1.29, 1.82) is 0 Å². The first-order chi connectivity index (χ1) is 16.5. The van der Waals surface area contributed by atoms with Gasteiger partial charge >= 0.3 is 5.97 Å². The van der Waals surface area contributed by atoms with E-state index in [0.29, 0.717) is 10.9 Å². The lowest BCUT2D eigenvalue weighted by molar-refractivity contribution is -0.154. The van der Waals surface area contributed by atoms with Crippen molar-refractivity contribution in [2.75, 3.05) is 11.9 Å². The molecule has 1 saturated heterocycles. The first kappa shape index (κ1) is 25.6. The second-order valence-corrected chi connectivity index (χ2v) is 10.1. The van der Waals surface area contributed by atoms with Crippen LogP contribution in [0.25, 0.3) is 0 Å². The number of aliphatic carboxylic acids is 1. The van der Waals surface area contributed by atoms with Crippen molar-refractivity contribution in [3.8, 4) is 0 Å². The lowest BCUT2D eigenvalue weighted by Gasteiger charge is -2.51. The van der Waals surface area contributed by atoms with E-state index in [9.17, 15) is 18.7 Å². The number of carbonyl (C=O) groups is 1. The number of nitrogens with zero attached hydrogens (tertiary/aromatic N) is 3. The number of rotatable bonds is 7. The predicted molar refractivity (Wildman–Crippen MR) is 133 cm³/mol. The van der Waals surface area contributed by atoms with Crippen LogP contribution < -0.4 is 5.32 Å². The van der Waals surface area contributed by atoms with Gasteiger partial charge in [-0.2, -0.15) is 0 Å².